The van der Waals surface area contributed by atoms with E-state index in [0.29, 0.717) is 74.9 Å². The molecule has 458 valence electrons. The molecule has 0 aliphatic carbocycles. The molecule has 2 aliphatic heterocycles. The molecule has 84 heavy (non-hydrogen) atoms. The Morgan fingerprint density at radius 3 is 1.88 bits per heavy atom. The Bertz CT molecular complexity index is 3030. The number of nitrogens with zero attached hydrogens (tertiary/aromatic N) is 6. The van der Waals surface area contributed by atoms with Crippen LogP contribution in [0.2, 0.25) is 0 Å². The number of hydrogen-bond donors (Lipinski definition) is 4. The van der Waals surface area contributed by atoms with Gasteiger partial charge in [-0.1, -0.05) is 37.8 Å². The molecule has 28 heteroatoms. The second-order valence-electron chi connectivity index (χ2n) is 22.5. The molecule has 6 rings (SSSR count). The predicted octanol–water partition coefficient (Wildman–Crippen LogP) is 8.61. The summed E-state index contributed by atoms with van der Waals surface area (Å²) in [5, 5.41) is 20.4. The molecule has 0 spiro atoms. The molecular weight excluding hydrogens is 1130 g/mol. The van der Waals surface area contributed by atoms with Crippen LogP contribution in [-0.2, 0) is 41.6 Å². The molecule has 2 unspecified atom stereocenters. The van der Waals surface area contributed by atoms with Crippen LogP contribution in [0.1, 0.15) is 96.5 Å². The summed E-state index contributed by atoms with van der Waals surface area (Å²) in [6, 6.07) is 7.54. The second-order valence-corrected chi connectivity index (χ2v) is 22.5. The van der Waals surface area contributed by atoms with Crippen molar-refractivity contribution in [3.05, 3.63) is 101 Å². The van der Waals surface area contributed by atoms with E-state index < -0.39 is 126 Å². The largest absolute Gasteiger partial charge is 0.469 e. The molecule has 4 heterocycles. The van der Waals surface area contributed by atoms with Gasteiger partial charge in [-0.05, 0) is 102 Å². The van der Waals surface area contributed by atoms with Crippen LogP contribution in [-0.4, -0.2) is 142 Å². The van der Waals surface area contributed by atoms with Gasteiger partial charge in [-0.25, -0.2) is 33.0 Å². The summed E-state index contributed by atoms with van der Waals surface area (Å²) in [5.74, 6) is -2.92. The van der Waals surface area contributed by atoms with E-state index in [0.717, 1.165) is 39.3 Å². The monoisotopic (exact) mass is 1200 g/mol. The lowest BCUT2D eigenvalue weighted by molar-refractivity contribution is -0.231. The maximum atomic E-state index is 16.1. The number of nitrogens with one attached hydrogen (secondary N) is 3. The number of fused-ring (bicyclic) bond motifs is 2. The van der Waals surface area contributed by atoms with Gasteiger partial charge in [0.1, 0.15) is 29.1 Å². The lowest BCUT2D eigenvalue weighted by atomic mass is 9.75. The summed E-state index contributed by atoms with van der Waals surface area (Å²) < 4.78 is 161. The van der Waals surface area contributed by atoms with Crippen LogP contribution in [0.25, 0.3) is 11.3 Å². The number of esters is 1. The van der Waals surface area contributed by atoms with Gasteiger partial charge in [-0.3, -0.25) is 24.7 Å². The lowest BCUT2D eigenvalue weighted by Gasteiger charge is -2.41. The predicted molar refractivity (Wildman–Crippen MR) is 282 cm³/mol. The summed E-state index contributed by atoms with van der Waals surface area (Å²) in [4.78, 5) is 74.6. The minimum absolute atomic E-state index is 0.0555. The normalized spacial score (nSPS) is 17.2. The molecule has 2 aromatic heterocycles. The van der Waals surface area contributed by atoms with Crippen molar-refractivity contribution >= 4 is 35.8 Å². The van der Waals surface area contributed by atoms with E-state index in [2.05, 4.69) is 47.0 Å². The highest BCUT2D eigenvalue weighted by Crippen LogP contribution is 2.46. The number of carbonyl (C=O) groups is 5. The third-order valence-electron chi connectivity index (χ3n) is 14.7. The second kappa shape index (κ2) is 26.1. The number of aromatic nitrogens is 3. The molecule has 2 bridgehead atoms. The standard InChI is InChI=1S/C56H65F10N9O9/c1-52(2,3)84-51(81)75-35-17-18-36(75)28-72(27-35)44-19-16-33(26-67-44)15-12-31-10-13-32(14-11-31)22-42(68-48(79)46(69-50(80)83-9)54(6,7)56(64,65)66)43(76)30-73(71-47(78)38(25-45(77)82-8)53(4,5)55(61,62)63)29-37-39(57)23-34(24-40(37)58)41-20-21-74(70-41)49(59)60/h10-11,13-14,16,19-21,23-24,26,35-36,38,42-43,46,49,76H,17-18,22,25,27-30H2,1-9H3,(H,68,79)(H,69,80)(H,71,78)/t35?,36?,38-,42+,43+,46-/m1/s1. The summed E-state index contributed by atoms with van der Waals surface area (Å²) in [5.41, 5.74) is -5.02. The van der Waals surface area contributed by atoms with Crippen LogP contribution in [0.3, 0.4) is 0 Å². The number of alkyl carbamates (subject to hydrolysis) is 1. The molecule has 2 aromatic carbocycles. The summed E-state index contributed by atoms with van der Waals surface area (Å²) in [6.45, 7) is 3.52. The van der Waals surface area contributed by atoms with E-state index in [1.165, 1.54) is 24.3 Å². The highest BCUT2D eigenvalue weighted by molar-refractivity contribution is 5.87. The van der Waals surface area contributed by atoms with E-state index in [9.17, 15) is 64.2 Å². The molecule has 2 fully saturated rings. The van der Waals surface area contributed by atoms with E-state index >= 15 is 8.78 Å². The van der Waals surface area contributed by atoms with Crippen molar-refractivity contribution in [1.82, 2.24) is 40.7 Å². The lowest BCUT2D eigenvalue weighted by Crippen LogP contribution is -2.62. The summed E-state index contributed by atoms with van der Waals surface area (Å²) in [7, 11) is 1.65. The number of alkyl halides is 8. The molecule has 6 atom stereocenters. The maximum absolute atomic E-state index is 16.1. The molecule has 0 radical (unpaired) electrons. The van der Waals surface area contributed by atoms with Crippen molar-refractivity contribution in [2.45, 2.75) is 135 Å². The fourth-order valence-corrected chi connectivity index (χ4v) is 9.49. The van der Waals surface area contributed by atoms with E-state index in [1.54, 1.807) is 23.2 Å². The minimum Gasteiger partial charge on any atom is -0.469 e. The number of hydrazine groups is 1. The smallest absolute Gasteiger partial charge is 0.410 e. The van der Waals surface area contributed by atoms with Gasteiger partial charge in [0.2, 0.25) is 11.8 Å². The zero-order valence-electron chi connectivity index (χ0n) is 47.2. The fraction of sp³-hybridized carbons (Fsp3) is 0.518. The molecule has 4 amide bonds. The Hall–Kier alpha value is -7.67. The third kappa shape index (κ3) is 15.9. The number of pyridine rings is 1. The number of halogens is 10. The number of aliphatic hydroxyl groups excluding tert-OH is 1. The number of hydrogen-bond acceptors (Lipinski definition) is 13. The Balaban J connectivity index is 1.31. The first-order valence-electron chi connectivity index (χ1n) is 26.3. The Morgan fingerprint density at radius 2 is 1.37 bits per heavy atom. The average molecular weight is 1200 g/mol. The van der Waals surface area contributed by atoms with Crippen LogP contribution in [0, 0.1) is 40.2 Å². The highest BCUT2D eigenvalue weighted by atomic mass is 19.4. The summed E-state index contributed by atoms with van der Waals surface area (Å²) in [6.07, 6.45) is -12.0. The molecule has 18 nitrogen and oxygen atoms in total. The zero-order valence-corrected chi connectivity index (χ0v) is 47.2. The molecule has 4 N–H and O–H groups in total. The van der Waals surface area contributed by atoms with Crippen molar-refractivity contribution in [3.8, 4) is 23.1 Å². The van der Waals surface area contributed by atoms with Gasteiger partial charge >= 0.3 is 37.1 Å². The van der Waals surface area contributed by atoms with E-state index in [4.69, 9.17) is 4.74 Å². The molecular formula is C56H65F10N9O9. The molecule has 4 aromatic rings. The SMILES string of the molecule is COC(=O)C[C@H](C(=O)NN(Cc1c(F)cc(-c2ccn(C(F)F)n2)cc1F)C[C@H](O)[C@H](Cc1ccc(C#Cc2ccc(N3CC4CCC(C3)N4C(=O)OC(C)(C)C)nc2)cc1)NC(=O)[C@@H](NC(=O)OC)C(C)(C)C(F)(F)F)C(C)(C)C(F)(F)F. The zero-order chi connectivity index (χ0) is 62.4. The Morgan fingerprint density at radius 1 is 0.786 bits per heavy atom. The van der Waals surface area contributed by atoms with Gasteiger partial charge in [0.05, 0.1) is 67.3 Å². The summed E-state index contributed by atoms with van der Waals surface area (Å²) >= 11 is 0. The number of amides is 4. The Kier molecular flexibility index (Phi) is 20.3. The Labute approximate surface area is 477 Å². The van der Waals surface area contributed by atoms with E-state index in [1.807, 2.05) is 26.1 Å². The van der Waals surface area contributed by atoms with Gasteiger partial charge in [0, 0.05) is 60.8 Å². The molecule has 2 saturated heterocycles. The van der Waals surface area contributed by atoms with Gasteiger partial charge in [0.15, 0.2) is 0 Å². The maximum Gasteiger partial charge on any atom is 0.410 e. The quantitative estimate of drug-likeness (QED) is 0.0228. The third-order valence-corrected chi connectivity index (χ3v) is 14.7. The van der Waals surface area contributed by atoms with Crippen LogP contribution in [0.15, 0.2) is 67.0 Å². The van der Waals surface area contributed by atoms with Crippen LogP contribution in [0.4, 0.5) is 59.3 Å². The van der Waals surface area contributed by atoms with Crippen LogP contribution < -0.4 is 21.0 Å². The van der Waals surface area contributed by atoms with Gasteiger partial charge in [-0.15, -0.1) is 0 Å². The van der Waals surface area contributed by atoms with Crippen LogP contribution >= 0.6 is 0 Å². The molecule has 0 saturated carbocycles. The molecule has 2 aliphatic rings. The number of methoxy groups -OCH3 is 2. The highest BCUT2D eigenvalue weighted by Gasteiger charge is 2.57. The van der Waals surface area contributed by atoms with Gasteiger partial charge < -0.3 is 34.9 Å². The number of benzene rings is 2. The number of carbonyl (C=O) groups excluding carboxylic acids is 5. The number of anilines is 1. The minimum atomic E-state index is -5.18. The average Bonchev–Trinajstić information content (AvgIpc) is 3.68. The van der Waals surface area contributed by atoms with Gasteiger partial charge in [-0.2, -0.15) is 40.2 Å². The first-order chi connectivity index (χ1) is 39.0. The van der Waals surface area contributed by atoms with Crippen molar-refractivity contribution in [3.63, 3.8) is 0 Å². The number of aliphatic hydroxyl groups is 1. The number of ether oxygens (including phenoxy) is 3. The van der Waals surface area contributed by atoms with Crippen LogP contribution in [0.5, 0.6) is 0 Å². The van der Waals surface area contributed by atoms with Gasteiger partial charge in [0.25, 0.3) is 0 Å². The topological polar surface area (TPSA) is 210 Å². The number of piperazine rings is 1. The fourth-order valence-electron chi connectivity index (χ4n) is 9.49. The first kappa shape index (κ1) is 65.5. The van der Waals surface area contributed by atoms with E-state index in [-0.39, 0.29) is 39.7 Å². The first-order valence-corrected chi connectivity index (χ1v) is 26.3. The number of rotatable bonds is 19. The van der Waals surface area contributed by atoms with Crippen molar-refractivity contribution in [2.24, 2.45) is 16.7 Å². The van der Waals surface area contributed by atoms with Crippen molar-refractivity contribution in [1.29, 1.82) is 0 Å². The van der Waals surface area contributed by atoms with Crippen molar-refractivity contribution < 1.29 is 87.2 Å². The van der Waals surface area contributed by atoms with Crippen molar-refractivity contribution in [2.75, 3.05) is 38.8 Å².